The van der Waals surface area contributed by atoms with Gasteiger partial charge in [-0.05, 0) is 44.4 Å². The molecule has 3 aliphatic carbocycles. The quantitative estimate of drug-likeness (QED) is 0.415. The zero-order valence-electron chi connectivity index (χ0n) is 22.5. The molecule has 4 aliphatic rings. The Labute approximate surface area is 218 Å². The zero-order valence-corrected chi connectivity index (χ0v) is 22.5. The molecule has 8 nitrogen and oxygen atoms in total. The molecule has 3 N–H and O–H groups in total. The Morgan fingerprint density at radius 3 is 2.35 bits per heavy atom. The fourth-order valence-corrected chi connectivity index (χ4v) is 8.40. The first-order chi connectivity index (χ1) is 17.3. The van der Waals surface area contributed by atoms with Crippen molar-refractivity contribution in [1.82, 2.24) is 5.32 Å². The maximum Gasteiger partial charge on any atom is 0.338 e. The minimum Gasteiger partial charge on any atom is -0.454 e. The van der Waals surface area contributed by atoms with E-state index in [4.69, 9.17) is 9.47 Å². The van der Waals surface area contributed by atoms with Gasteiger partial charge in [-0.3, -0.25) is 9.59 Å². The van der Waals surface area contributed by atoms with Crippen LogP contribution in [0.5, 0.6) is 0 Å². The molecule has 8 heteroatoms. The third-order valence-electron chi connectivity index (χ3n) is 10.9. The van der Waals surface area contributed by atoms with Gasteiger partial charge in [-0.25, -0.2) is 4.79 Å². The first kappa shape index (κ1) is 26.5. The van der Waals surface area contributed by atoms with Crippen LogP contribution >= 0.6 is 0 Å². The van der Waals surface area contributed by atoms with Crippen LogP contribution in [-0.2, 0) is 19.1 Å². The van der Waals surface area contributed by atoms with Crippen molar-refractivity contribution < 1.29 is 34.1 Å². The second kappa shape index (κ2) is 8.43. The van der Waals surface area contributed by atoms with Gasteiger partial charge < -0.3 is 25.0 Å². The summed E-state index contributed by atoms with van der Waals surface area (Å²) in [7, 11) is 1.65. The number of ether oxygens (including phenoxy) is 2. The van der Waals surface area contributed by atoms with E-state index < -0.39 is 63.7 Å². The lowest BCUT2D eigenvalue weighted by molar-refractivity contribution is -0.301. The SMILES string of the molecule is CNC12C3COC3CC(O)C1(C)C(=O)C(=O)C1C(C)C(C)CC(O)(C2OC(=O)c2ccccc2)C1(C)C. The summed E-state index contributed by atoms with van der Waals surface area (Å²) in [5.41, 5.74) is -5.60. The van der Waals surface area contributed by atoms with Crippen molar-refractivity contribution in [3.63, 3.8) is 0 Å². The van der Waals surface area contributed by atoms with Crippen LogP contribution in [0.2, 0.25) is 0 Å². The molecule has 10 unspecified atom stereocenters. The lowest BCUT2D eigenvalue weighted by atomic mass is 9.40. The van der Waals surface area contributed by atoms with E-state index in [0.29, 0.717) is 5.56 Å². The van der Waals surface area contributed by atoms with Crippen molar-refractivity contribution in [1.29, 1.82) is 0 Å². The molecule has 10 atom stereocenters. The molecule has 37 heavy (non-hydrogen) atoms. The number of carbonyl (C=O) groups is 3. The number of benzene rings is 1. The fraction of sp³-hybridized carbons (Fsp3) is 0.690. The minimum absolute atomic E-state index is 0.127. The number of aliphatic hydroxyl groups excluding tert-OH is 1. The van der Waals surface area contributed by atoms with Crippen LogP contribution in [0.25, 0.3) is 0 Å². The van der Waals surface area contributed by atoms with E-state index in [0.717, 1.165) is 0 Å². The Morgan fingerprint density at radius 1 is 1.14 bits per heavy atom. The molecule has 0 aromatic heterocycles. The van der Waals surface area contributed by atoms with E-state index in [1.165, 1.54) is 0 Å². The lowest BCUT2D eigenvalue weighted by Gasteiger charge is -2.70. The molecule has 1 aromatic rings. The average molecular weight is 514 g/mol. The molecule has 5 rings (SSSR count). The molecule has 0 amide bonds. The number of nitrogens with one attached hydrogen (secondary N) is 1. The number of hydrogen-bond donors (Lipinski definition) is 3. The van der Waals surface area contributed by atoms with E-state index >= 15 is 0 Å². The monoisotopic (exact) mass is 513 g/mol. The summed E-state index contributed by atoms with van der Waals surface area (Å²) in [5.74, 6) is -3.38. The number of likely N-dealkylation sites (N-methyl/N-ethyl adjacent to an activating group) is 1. The van der Waals surface area contributed by atoms with E-state index in [1.54, 1.807) is 58.2 Å². The maximum absolute atomic E-state index is 14.3. The van der Waals surface area contributed by atoms with Crippen LogP contribution in [0.4, 0.5) is 0 Å². The number of aliphatic hydroxyl groups is 2. The molecular formula is C29H39NO7. The van der Waals surface area contributed by atoms with Crippen LogP contribution < -0.4 is 5.32 Å². The van der Waals surface area contributed by atoms with Gasteiger partial charge in [0.25, 0.3) is 0 Å². The summed E-state index contributed by atoms with van der Waals surface area (Å²) in [5, 5.41) is 27.7. The topological polar surface area (TPSA) is 122 Å². The van der Waals surface area contributed by atoms with E-state index in [-0.39, 0.29) is 37.2 Å². The largest absolute Gasteiger partial charge is 0.454 e. The maximum atomic E-state index is 14.3. The Kier molecular flexibility index (Phi) is 6.04. The van der Waals surface area contributed by atoms with Gasteiger partial charge in [0, 0.05) is 23.7 Å². The van der Waals surface area contributed by atoms with Gasteiger partial charge in [0.05, 0.1) is 35.3 Å². The van der Waals surface area contributed by atoms with Gasteiger partial charge in [-0.1, -0.05) is 45.9 Å². The highest BCUT2D eigenvalue weighted by atomic mass is 16.6. The second-order valence-corrected chi connectivity index (χ2v) is 12.6. The summed E-state index contributed by atoms with van der Waals surface area (Å²) >= 11 is 0. The standard InChI is InChI=1S/C29H39NO7/c1-15-13-28(35)25(37-24(34)17-10-8-7-9-11-17)29(30-6)18-14-36-19(18)12-20(31)27(29,5)23(33)22(32)21(16(15)2)26(28,3)4/h7-11,15-16,18-21,25,30-31,35H,12-14H2,1-6H3. The molecule has 1 aromatic carbocycles. The van der Waals surface area contributed by atoms with Gasteiger partial charge in [0.1, 0.15) is 5.60 Å². The van der Waals surface area contributed by atoms with Crippen LogP contribution in [0.15, 0.2) is 30.3 Å². The Bertz CT molecular complexity index is 1120. The minimum atomic E-state index is -1.69. The van der Waals surface area contributed by atoms with Crippen LogP contribution in [-0.4, -0.2) is 70.9 Å². The fourth-order valence-electron chi connectivity index (χ4n) is 8.40. The number of fused-ring (bicyclic) bond motifs is 5. The Hall–Kier alpha value is -2.13. The van der Waals surface area contributed by atoms with Crippen LogP contribution in [0, 0.1) is 34.5 Å². The molecule has 1 aliphatic heterocycles. The number of Topliss-reactive ketones (excluding diaryl/α,β-unsaturated/α-hetero) is 2. The van der Waals surface area contributed by atoms with E-state index in [9.17, 15) is 24.6 Å². The lowest BCUT2D eigenvalue weighted by Crippen LogP contribution is -2.87. The predicted molar refractivity (Wildman–Crippen MR) is 135 cm³/mol. The van der Waals surface area contributed by atoms with Gasteiger partial charge in [0.2, 0.25) is 11.6 Å². The third kappa shape index (κ3) is 3.13. The van der Waals surface area contributed by atoms with Gasteiger partial charge >= 0.3 is 5.97 Å². The number of esters is 1. The highest BCUT2D eigenvalue weighted by Gasteiger charge is 2.79. The summed E-state index contributed by atoms with van der Waals surface area (Å²) in [6, 6.07) is 8.53. The van der Waals surface area contributed by atoms with Crippen molar-refractivity contribution in [2.24, 2.45) is 34.5 Å². The molecule has 0 spiro atoms. The van der Waals surface area contributed by atoms with Crippen molar-refractivity contribution in [3.8, 4) is 0 Å². The molecule has 1 saturated heterocycles. The Balaban J connectivity index is 1.81. The molecule has 2 bridgehead atoms. The first-order valence-corrected chi connectivity index (χ1v) is 13.3. The van der Waals surface area contributed by atoms with Crippen molar-refractivity contribution in [3.05, 3.63) is 35.9 Å². The van der Waals surface area contributed by atoms with Gasteiger partial charge in [0.15, 0.2) is 6.10 Å². The Morgan fingerprint density at radius 2 is 1.78 bits per heavy atom. The summed E-state index contributed by atoms with van der Waals surface area (Å²) in [6.07, 6.45) is -2.45. The zero-order chi connectivity index (χ0) is 27.1. The van der Waals surface area contributed by atoms with Crippen LogP contribution in [0.1, 0.15) is 57.8 Å². The summed E-state index contributed by atoms with van der Waals surface area (Å²) < 4.78 is 12.2. The molecule has 0 radical (unpaired) electrons. The van der Waals surface area contributed by atoms with E-state index in [2.05, 4.69) is 5.32 Å². The summed E-state index contributed by atoms with van der Waals surface area (Å²) in [6.45, 7) is 9.35. The van der Waals surface area contributed by atoms with Crippen molar-refractivity contribution in [2.45, 2.75) is 76.9 Å². The predicted octanol–water partition coefficient (Wildman–Crippen LogP) is 2.16. The number of hydrogen-bond acceptors (Lipinski definition) is 8. The average Bonchev–Trinajstić information content (AvgIpc) is 2.85. The van der Waals surface area contributed by atoms with Gasteiger partial charge in [-0.15, -0.1) is 0 Å². The number of ketones is 2. The highest BCUT2D eigenvalue weighted by molar-refractivity contribution is 6.40. The second-order valence-electron chi connectivity index (χ2n) is 12.6. The summed E-state index contributed by atoms with van der Waals surface area (Å²) in [4.78, 5) is 42.1. The molecule has 202 valence electrons. The highest BCUT2D eigenvalue weighted by Crippen LogP contribution is 2.64. The molecule has 3 saturated carbocycles. The number of carbonyl (C=O) groups excluding carboxylic acids is 3. The van der Waals surface area contributed by atoms with Crippen LogP contribution in [0.3, 0.4) is 0 Å². The molecule has 1 heterocycles. The molecule has 4 fully saturated rings. The van der Waals surface area contributed by atoms with Crippen molar-refractivity contribution >= 4 is 17.5 Å². The third-order valence-corrected chi connectivity index (χ3v) is 10.9. The van der Waals surface area contributed by atoms with Crippen molar-refractivity contribution in [2.75, 3.05) is 13.7 Å². The number of rotatable bonds is 3. The van der Waals surface area contributed by atoms with E-state index in [1.807, 2.05) is 13.8 Å². The smallest absolute Gasteiger partial charge is 0.338 e. The van der Waals surface area contributed by atoms with Gasteiger partial charge in [-0.2, -0.15) is 0 Å². The normalized spacial score (nSPS) is 46.5. The molecular weight excluding hydrogens is 474 g/mol. The first-order valence-electron chi connectivity index (χ1n) is 13.3.